The first kappa shape index (κ1) is 24.6. The zero-order chi connectivity index (χ0) is 24.2. The Balaban J connectivity index is 1.70. The van der Waals surface area contributed by atoms with Gasteiger partial charge in [-0.05, 0) is 38.5 Å². The first-order chi connectivity index (χ1) is 15.6. The van der Waals surface area contributed by atoms with Crippen LogP contribution >= 0.6 is 0 Å². The number of carbonyl (C=O) groups excluding carboxylic acids is 2. The van der Waals surface area contributed by atoms with E-state index in [1.165, 1.54) is 35.4 Å². The highest BCUT2D eigenvalue weighted by atomic mass is 19.4. The van der Waals surface area contributed by atoms with Gasteiger partial charge in [0.25, 0.3) is 5.91 Å². The Morgan fingerprint density at radius 1 is 1.21 bits per heavy atom. The third kappa shape index (κ3) is 6.70. The first-order valence-corrected chi connectivity index (χ1v) is 10.6. The molecule has 2 aromatic rings. The third-order valence-corrected chi connectivity index (χ3v) is 5.23. The van der Waals surface area contributed by atoms with Crippen molar-refractivity contribution in [2.75, 3.05) is 19.6 Å². The second-order valence-electron chi connectivity index (χ2n) is 8.03. The Morgan fingerprint density at radius 3 is 2.48 bits per heavy atom. The number of aromatic nitrogens is 2. The van der Waals surface area contributed by atoms with Gasteiger partial charge in [-0.15, -0.1) is 13.2 Å². The molecule has 0 radical (unpaired) electrons. The molecule has 8 nitrogen and oxygen atoms in total. The number of hydrogen-bond donors (Lipinski definition) is 0. The van der Waals surface area contributed by atoms with E-state index in [4.69, 9.17) is 4.74 Å². The lowest BCUT2D eigenvalue weighted by Crippen LogP contribution is -2.42. The van der Waals surface area contributed by atoms with Gasteiger partial charge in [0.15, 0.2) is 0 Å². The molecule has 0 unspecified atom stereocenters. The van der Waals surface area contributed by atoms with Gasteiger partial charge >= 0.3 is 6.36 Å². The Kier molecular flexibility index (Phi) is 7.62. The van der Waals surface area contributed by atoms with Crippen molar-refractivity contribution >= 4 is 11.8 Å². The SMILES string of the molecule is CCn1cc(C(=O)N2CC(=O)N(C(C)C)C[C@H](OCc3ccc(OC(F)(F)F)cc3)C2)cn1. The van der Waals surface area contributed by atoms with Crippen molar-refractivity contribution in [3.05, 3.63) is 47.8 Å². The van der Waals surface area contributed by atoms with Crippen molar-refractivity contribution < 1.29 is 32.2 Å². The lowest BCUT2D eigenvalue weighted by molar-refractivity contribution is -0.274. The average molecular weight is 468 g/mol. The maximum absolute atomic E-state index is 13.0. The molecule has 0 saturated carbocycles. The lowest BCUT2D eigenvalue weighted by atomic mass is 10.2. The largest absolute Gasteiger partial charge is 0.573 e. The highest BCUT2D eigenvalue weighted by molar-refractivity contribution is 5.96. The van der Waals surface area contributed by atoms with Gasteiger partial charge in [-0.2, -0.15) is 5.10 Å². The molecule has 0 spiro atoms. The lowest BCUT2D eigenvalue weighted by Gasteiger charge is -2.27. The summed E-state index contributed by atoms with van der Waals surface area (Å²) in [7, 11) is 0. The molecule has 1 saturated heterocycles. The van der Waals surface area contributed by atoms with E-state index in [2.05, 4.69) is 9.84 Å². The Labute approximate surface area is 189 Å². The summed E-state index contributed by atoms with van der Waals surface area (Å²) >= 11 is 0. The topological polar surface area (TPSA) is 76.9 Å². The van der Waals surface area contributed by atoms with Crippen molar-refractivity contribution in [2.45, 2.75) is 52.4 Å². The number of amides is 2. The zero-order valence-electron chi connectivity index (χ0n) is 18.7. The number of ether oxygens (including phenoxy) is 2. The van der Waals surface area contributed by atoms with Crippen molar-refractivity contribution in [1.82, 2.24) is 19.6 Å². The molecule has 1 aliphatic heterocycles. The van der Waals surface area contributed by atoms with Crippen LogP contribution in [0.3, 0.4) is 0 Å². The van der Waals surface area contributed by atoms with E-state index in [0.29, 0.717) is 24.2 Å². The first-order valence-electron chi connectivity index (χ1n) is 10.6. The maximum atomic E-state index is 13.0. The molecule has 1 atom stereocenters. The number of carbonyl (C=O) groups is 2. The summed E-state index contributed by atoms with van der Waals surface area (Å²) in [4.78, 5) is 28.9. The van der Waals surface area contributed by atoms with Crippen LogP contribution in [0.2, 0.25) is 0 Å². The van der Waals surface area contributed by atoms with Crippen LogP contribution in [-0.2, 0) is 22.7 Å². The number of alkyl halides is 3. The van der Waals surface area contributed by atoms with Crippen LogP contribution in [0.4, 0.5) is 13.2 Å². The van der Waals surface area contributed by atoms with Crippen molar-refractivity contribution in [3.8, 4) is 5.75 Å². The number of aryl methyl sites for hydroxylation is 1. The van der Waals surface area contributed by atoms with Crippen molar-refractivity contribution in [3.63, 3.8) is 0 Å². The van der Waals surface area contributed by atoms with Crippen LogP contribution in [0, 0.1) is 0 Å². The summed E-state index contributed by atoms with van der Waals surface area (Å²) in [5.41, 5.74) is 1.03. The van der Waals surface area contributed by atoms with Gasteiger partial charge in [-0.1, -0.05) is 12.1 Å². The smallest absolute Gasteiger partial charge is 0.406 e. The molecular weight excluding hydrogens is 441 g/mol. The van der Waals surface area contributed by atoms with Crippen LogP contribution < -0.4 is 4.74 Å². The fraction of sp³-hybridized carbons (Fsp3) is 0.500. The minimum Gasteiger partial charge on any atom is -0.406 e. The van der Waals surface area contributed by atoms with E-state index in [1.807, 2.05) is 20.8 Å². The van der Waals surface area contributed by atoms with Crippen LogP contribution in [0.5, 0.6) is 5.75 Å². The van der Waals surface area contributed by atoms with Crippen LogP contribution in [0.15, 0.2) is 36.7 Å². The third-order valence-electron chi connectivity index (χ3n) is 5.23. The van der Waals surface area contributed by atoms with Crippen molar-refractivity contribution in [2.24, 2.45) is 0 Å². The number of halogens is 3. The average Bonchev–Trinajstić information content (AvgIpc) is 3.16. The van der Waals surface area contributed by atoms with Gasteiger partial charge in [0, 0.05) is 31.9 Å². The normalized spacial score (nSPS) is 17.4. The van der Waals surface area contributed by atoms with Gasteiger partial charge in [0.1, 0.15) is 12.3 Å². The summed E-state index contributed by atoms with van der Waals surface area (Å²) in [5.74, 6) is -0.807. The number of rotatable bonds is 7. The Bertz CT molecular complexity index is 959. The molecule has 33 heavy (non-hydrogen) atoms. The van der Waals surface area contributed by atoms with Gasteiger partial charge in [0.05, 0.1) is 24.5 Å². The molecule has 0 N–H and O–H groups in total. The molecule has 2 heterocycles. The fourth-order valence-electron chi connectivity index (χ4n) is 3.53. The minimum atomic E-state index is -4.76. The monoisotopic (exact) mass is 468 g/mol. The number of hydrogen-bond acceptors (Lipinski definition) is 5. The molecule has 180 valence electrons. The van der Waals surface area contributed by atoms with Gasteiger partial charge in [-0.25, -0.2) is 0 Å². The zero-order valence-corrected chi connectivity index (χ0v) is 18.7. The van der Waals surface area contributed by atoms with Crippen LogP contribution in [0.25, 0.3) is 0 Å². The number of benzene rings is 1. The summed E-state index contributed by atoms with van der Waals surface area (Å²) in [6.45, 7) is 6.82. The summed E-state index contributed by atoms with van der Waals surface area (Å²) in [6.07, 6.45) is -2.12. The quantitative estimate of drug-likeness (QED) is 0.624. The molecule has 11 heteroatoms. The maximum Gasteiger partial charge on any atom is 0.573 e. The standard InChI is InChI=1S/C22H27F3N4O4/c1-4-28-10-17(9-26-28)21(31)27-11-19(12-29(15(2)3)20(30)13-27)32-14-16-5-7-18(8-6-16)33-22(23,24)25/h5-10,15,19H,4,11-14H2,1-3H3/t19-/m1/s1. The highest BCUT2D eigenvalue weighted by Crippen LogP contribution is 2.23. The Morgan fingerprint density at radius 2 is 1.91 bits per heavy atom. The molecule has 0 aliphatic carbocycles. The summed E-state index contributed by atoms with van der Waals surface area (Å²) < 4.78 is 48.5. The minimum absolute atomic E-state index is 0.0718. The predicted octanol–water partition coefficient (Wildman–Crippen LogP) is 3.08. The van der Waals surface area contributed by atoms with Gasteiger partial charge < -0.3 is 19.3 Å². The van der Waals surface area contributed by atoms with E-state index in [-0.39, 0.29) is 43.3 Å². The van der Waals surface area contributed by atoms with E-state index in [0.717, 1.165) is 0 Å². The molecule has 1 fully saturated rings. The molecular formula is C22H27F3N4O4. The molecule has 0 bridgehead atoms. The van der Waals surface area contributed by atoms with E-state index < -0.39 is 12.5 Å². The summed E-state index contributed by atoms with van der Waals surface area (Å²) in [5, 5.41) is 4.12. The Hall–Kier alpha value is -3.08. The highest BCUT2D eigenvalue weighted by Gasteiger charge is 2.33. The second-order valence-corrected chi connectivity index (χ2v) is 8.03. The van der Waals surface area contributed by atoms with Gasteiger partial charge in [-0.3, -0.25) is 14.3 Å². The fourth-order valence-corrected chi connectivity index (χ4v) is 3.53. The van der Waals surface area contributed by atoms with Crippen LogP contribution in [-0.4, -0.2) is 69.5 Å². The molecule has 1 aromatic heterocycles. The van der Waals surface area contributed by atoms with E-state index >= 15 is 0 Å². The van der Waals surface area contributed by atoms with E-state index in [9.17, 15) is 22.8 Å². The molecule has 1 aromatic carbocycles. The predicted molar refractivity (Wildman–Crippen MR) is 112 cm³/mol. The molecule has 2 amide bonds. The molecule has 1 aliphatic rings. The van der Waals surface area contributed by atoms with Crippen molar-refractivity contribution in [1.29, 1.82) is 0 Å². The van der Waals surface area contributed by atoms with Crippen LogP contribution in [0.1, 0.15) is 36.7 Å². The van der Waals surface area contributed by atoms with Gasteiger partial charge in [0.2, 0.25) is 5.91 Å². The molecule has 3 rings (SSSR count). The van der Waals surface area contributed by atoms with E-state index in [1.54, 1.807) is 15.8 Å². The summed E-state index contributed by atoms with van der Waals surface area (Å²) in [6, 6.07) is 5.30. The number of nitrogens with zero attached hydrogens (tertiary/aromatic N) is 4. The second kappa shape index (κ2) is 10.2.